The van der Waals surface area contributed by atoms with Crippen molar-refractivity contribution in [2.45, 2.75) is 25.4 Å². The van der Waals surface area contributed by atoms with E-state index in [2.05, 4.69) is 16.0 Å². The Balaban J connectivity index is 2.03. The van der Waals surface area contributed by atoms with Crippen molar-refractivity contribution in [2.24, 2.45) is 0 Å². The number of aliphatic hydroxyl groups is 1. The maximum Gasteiger partial charge on any atom is 0.0653 e. The number of hydrogen-bond donors (Lipinski definition) is 1. The molecule has 0 aromatic carbocycles. The predicted octanol–water partition coefficient (Wildman–Crippen LogP) is 1.43. The quantitative estimate of drug-likeness (QED) is 0.731. The van der Waals surface area contributed by atoms with Crippen LogP contribution < -0.4 is 4.90 Å². The van der Waals surface area contributed by atoms with E-state index in [4.69, 9.17) is 0 Å². The van der Waals surface area contributed by atoms with Crippen molar-refractivity contribution in [3.63, 3.8) is 0 Å². The Bertz CT molecular complexity index is 287. The highest BCUT2D eigenvalue weighted by atomic mass is 16.3. The lowest BCUT2D eigenvalue weighted by molar-refractivity contribution is 0.0351. The van der Waals surface area contributed by atoms with E-state index in [0.717, 1.165) is 31.6 Å². The molecule has 1 N–H and O–H groups in total. The molecular formula is C11H16N2O. The Kier molecular flexibility index (Phi) is 2.42. The van der Waals surface area contributed by atoms with Crippen LogP contribution in [0.3, 0.4) is 0 Å². The Morgan fingerprint density at radius 2 is 2.14 bits per heavy atom. The molecule has 3 nitrogen and oxygen atoms in total. The van der Waals surface area contributed by atoms with Crippen LogP contribution >= 0.6 is 0 Å². The van der Waals surface area contributed by atoms with Crippen LogP contribution in [0.2, 0.25) is 0 Å². The Hall–Kier alpha value is -1.09. The predicted molar refractivity (Wildman–Crippen MR) is 56.3 cm³/mol. The summed E-state index contributed by atoms with van der Waals surface area (Å²) in [7, 11) is 0. The molecule has 14 heavy (non-hydrogen) atoms. The molecule has 1 fully saturated rings. The molecule has 2 rings (SSSR count). The van der Waals surface area contributed by atoms with Crippen LogP contribution in [-0.2, 0) is 0 Å². The zero-order valence-corrected chi connectivity index (χ0v) is 8.48. The molecule has 0 bridgehead atoms. The lowest BCUT2D eigenvalue weighted by atomic mass is 9.94. The third-order valence-electron chi connectivity index (χ3n) is 2.85. The van der Waals surface area contributed by atoms with Crippen molar-refractivity contribution >= 4 is 5.69 Å². The monoisotopic (exact) mass is 192 g/mol. The van der Waals surface area contributed by atoms with Crippen molar-refractivity contribution in [1.82, 2.24) is 4.98 Å². The lowest BCUT2D eigenvalue weighted by Gasteiger charge is -2.36. The maximum absolute atomic E-state index is 9.80. The Morgan fingerprint density at radius 1 is 1.43 bits per heavy atom. The Morgan fingerprint density at radius 3 is 2.71 bits per heavy atom. The van der Waals surface area contributed by atoms with E-state index in [1.165, 1.54) is 0 Å². The van der Waals surface area contributed by atoms with E-state index in [0.29, 0.717) is 0 Å². The summed E-state index contributed by atoms with van der Waals surface area (Å²) in [5, 5.41) is 9.80. The number of anilines is 1. The third kappa shape index (κ3) is 2.04. The zero-order valence-electron chi connectivity index (χ0n) is 8.48. The van der Waals surface area contributed by atoms with Crippen LogP contribution in [0.15, 0.2) is 24.5 Å². The highest BCUT2D eigenvalue weighted by Crippen LogP contribution is 2.24. The first kappa shape index (κ1) is 9.46. The number of nitrogens with zero attached hydrogens (tertiary/aromatic N) is 2. The van der Waals surface area contributed by atoms with Crippen molar-refractivity contribution in [1.29, 1.82) is 0 Å². The van der Waals surface area contributed by atoms with Gasteiger partial charge in [0.05, 0.1) is 17.5 Å². The summed E-state index contributed by atoms with van der Waals surface area (Å²) in [5.41, 5.74) is 0.682. The molecule has 3 heteroatoms. The molecule has 1 saturated heterocycles. The fourth-order valence-corrected chi connectivity index (χ4v) is 1.79. The van der Waals surface area contributed by atoms with Gasteiger partial charge in [0.25, 0.3) is 0 Å². The summed E-state index contributed by atoms with van der Waals surface area (Å²) in [6.07, 6.45) is 5.33. The topological polar surface area (TPSA) is 36.4 Å². The van der Waals surface area contributed by atoms with Crippen LogP contribution in [0.4, 0.5) is 5.69 Å². The van der Waals surface area contributed by atoms with Crippen LogP contribution in [-0.4, -0.2) is 28.8 Å². The number of hydrogen-bond acceptors (Lipinski definition) is 3. The maximum atomic E-state index is 9.80. The highest BCUT2D eigenvalue weighted by molar-refractivity contribution is 5.44. The molecule has 76 valence electrons. The fraction of sp³-hybridized carbons (Fsp3) is 0.545. The molecule has 1 aromatic rings. The van der Waals surface area contributed by atoms with Crippen LogP contribution in [0.25, 0.3) is 0 Å². The molecule has 0 atom stereocenters. The van der Waals surface area contributed by atoms with Gasteiger partial charge in [-0.1, -0.05) is 0 Å². The van der Waals surface area contributed by atoms with Crippen molar-refractivity contribution in [3.8, 4) is 0 Å². The first-order chi connectivity index (χ1) is 6.67. The zero-order chi connectivity index (χ0) is 10.0. The molecular weight excluding hydrogens is 176 g/mol. The van der Waals surface area contributed by atoms with Gasteiger partial charge >= 0.3 is 0 Å². The van der Waals surface area contributed by atoms with E-state index in [9.17, 15) is 5.11 Å². The third-order valence-corrected chi connectivity index (χ3v) is 2.85. The van der Waals surface area contributed by atoms with E-state index in [1.54, 1.807) is 6.20 Å². The van der Waals surface area contributed by atoms with E-state index in [1.807, 2.05) is 19.2 Å². The van der Waals surface area contributed by atoms with Gasteiger partial charge in [0.1, 0.15) is 0 Å². The normalized spacial score (nSPS) is 20.9. The Labute approximate surface area is 84.4 Å². The lowest BCUT2D eigenvalue weighted by Crippen LogP contribution is -2.42. The van der Waals surface area contributed by atoms with Gasteiger partial charge in [-0.25, -0.2) is 0 Å². The van der Waals surface area contributed by atoms with Crippen LogP contribution in [0, 0.1) is 0 Å². The summed E-state index contributed by atoms with van der Waals surface area (Å²) in [5.74, 6) is 0. The van der Waals surface area contributed by atoms with Gasteiger partial charge in [-0.2, -0.15) is 0 Å². The largest absolute Gasteiger partial charge is 0.390 e. The highest BCUT2D eigenvalue weighted by Gasteiger charge is 2.27. The molecule has 1 aliphatic rings. The van der Waals surface area contributed by atoms with E-state index in [-0.39, 0.29) is 0 Å². The van der Waals surface area contributed by atoms with Crippen molar-refractivity contribution in [3.05, 3.63) is 24.5 Å². The van der Waals surface area contributed by atoms with Gasteiger partial charge in [-0.3, -0.25) is 4.98 Å². The SMILES string of the molecule is CC1(O)CCN(c2cccnc2)CC1. The summed E-state index contributed by atoms with van der Waals surface area (Å²) < 4.78 is 0. The number of rotatable bonds is 1. The molecule has 0 radical (unpaired) electrons. The summed E-state index contributed by atoms with van der Waals surface area (Å²) >= 11 is 0. The van der Waals surface area contributed by atoms with Crippen LogP contribution in [0.1, 0.15) is 19.8 Å². The van der Waals surface area contributed by atoms with Gasteiger partial charge in [0.15, 0.2) is 0 Å². The smallest absolute Gasteiger partial charge is 0.0653 e. The minimum Gasteiger partial charge on any atom is -0.390 e. The first-order valence-corrected chi connectivity index (χ1v) is 5.05. The second-order valence-corrected chi connectivity index (χ2v) is 4.20. The van der Waals surface area contributed by atoms with Crippen LogP contribution in [0.5, 0.6) is 0 Å². The van der Waals surface area contributed by atoms with Crippen molar-refractivity contribution < 1.29 is 5.11 Å². The fourth-order valence-electron chi connectivity index (χ4n) is 1.79. The van der Waals surface area contributed by atoms with Gasteiger partial charge < -0.3 is 10.0 Å². The molecule has 0 unspecified atom stereocenters. The second-order valence-electron chi connectivity index (χ2n) is 4.20. The van der Waals surface area contributed by atoms with Gasteiger partial charge in [-0.05, 0) is 31.9 Å². The van der Waals surface area contributed by atoms with E-state index >= 15 is 0 Å². The molecule has 0 aliphatic carbocycles. The molecule has 1 aliphatic heterocycles. The van der Waals surface area contributed by atoms with Gasteiger partial charge in [0.2, 0.25) is 0 Å². The standard InChI is InChI=1S/C11H16N2O/c1-11(14)4-7-13(8-5-11)10-3-2-6-12-9-10/h2-3,6,9,14H,4-5,7-8H2,1H3. The summed E-state index contributed by atoms with van der Waals surface area (Å²) in [6.45, 7) is 3.74. The minimum absolute atomic E-state index is 0.474. The average molecular weight is 192 g/mol. The average Bonchev–Trinajstić information content (AvgIpc) is 2.19. The number of piperidine rings is 1. The molecule has 2 heterocycles. The summed E-state index contributed by atoms with van der Waals surface area (Å²) in [6, 6.07) is 4.01. The molecule has 0 amide bonds. The molecule has 0 spiro atoms. The van der Waals surface area contributed by atoms with E-state index < -0.39 is 5.60 Å². The van der Waals surface area contributed by atoms with Crippen molar-refractivity contribution in [2.75, 3.05) is 18.0 Å². The first-order valence-electron chi connectivity index (χ1n) is 5.05. The number of aromatic nitrogens is 1. The van der Waals surface area contributed by atoms with Gasteiger partial charge in [0, 0.05) is 19.3 Å². The summed E-state index contributed by atoms with van der Waals surface area (Å²) in [4.78, 5) is 6.36. The minimum atomic E-state index is -0.474. The second kappa shape index (κ2) is 3.58. The number of pyridine rings is 1. The molecule has 0 saturated carbocycles. The molecule has 1 aromatic heterocycles. The van der Waals surface area contributed by atoms with Gasteiger partial charge in [-0.15, -0.1) is 0 Å².